The zero-order chi connectivity index (χ0) is 11.1. The Hall–Kier alpha value is -1.79. The standard InChI is InChI=1S/C5H5N3O4.C2H6/c9-7(10)4-1-2-6-3-5(4)8(11)12;1-2/h1-5H;1-2H3. The number of nitrogens with zero attached hydrogens (tertiary/aromatic N) is 3. The average Bonchev–Trinajstić information content (AvgIpc) is 2.20. The number of rotatable bonds is 2. The fraction of sp³-hybridized carbons (Fsp3) is 0.571. The lowest BCUT2D eigenvalue weighted by molar-refractivity contribution is -0.593. The topological polar surface area (TPSA) is 98.6 Å². The highest BCUT2D eigenvalue weighted by Crippen LogP contribution is 2.06. The molecule has 0 aromatic heterocycles. The molecule has 7 nitrogen and oxygen atoms in total. The molecule has 14 heavy (non-hydrogen) atoms. The van der Waals surface area contributed by atoms with Crippen LogP contribution >= 0.6 is 0 Å². The molecule has 0 radical (unpaired) electrons. The predicted octanol–water partition coefficient (Wildman–Crippen LogP) is 0.901. The molecule has 1 rings (SSSR count). The normalized spacial score (nSPS) is 23.6. The van der Waals surface area contributed by atoms with Gasteiger partial charge < -0.3 is 0 Å². The lowest BCUT2D eigenvalue weighted by Gasteiger charge is -2.08. The summed E-state index contributed by atoms with van der Waals surface area (Å²) in [5.41, 5.74) is 0. The summed E-state index contributed by atoms with van der Waals surface area (Å²) in [5.74, 6) is 0. The summed E-state index contributed by atoms with van der Waals surface area (Å²) in [4.78, 5) is 22.5. The maximum atomic E-state index is 10.3. The van der Waals surface area contributed by atoms with Crippen molar-refractivity contribution < 1.29 is 9.85 Å². The summed E-state index contributed by atoms with van der Waals surface area (Å²) in [7, 11) is 0. The number of hydrogen-bond donors (Lipinski definition) is 0. The first-order valence-electron chi connectivity index (χ1n) is 4.10. The maximum Gasteiger partial charge on any atom is 0.317 e. The molecule has 0 amide bonds. The molecule has 0 saturated heterocycles. The predicted molar refractivity (Wildman–Crippen MR) is 50.5 cm³/mol. The molecule has 0 N–H and O–H groups in total. The molecule has 1 aliphatic heterocycles. The molecule has 0 spiro atoms. The molecule has 1 aliphatic rings. The van der Waals surface area contributed by atoms with E-state index in [-0.39, 0.29) is 0 Å². The van der Waals surface area contributed by atoms with Crippen LogP contribution in [0.15, 0.2) is 17.3 Å². The number of aliphatic imine (C=N–C) groups is 1. The second-order valence-corrected chi connectivity index (χ2v) is 2.19. The van der Waals surface area contributed by atoms with Gasteiger partial charge in [-0.25, -0.2) is 0 Å². The molecular formula is C7H11N3O4. The van der Waals surface area contributed by atoms with E-state index in [0.717, 1.165) is 12.3 Å². The molecular weight excluding hydrogens is 190 g/mol. The van der Waals surface area contributed by atoms with Gasteiger partial charge in [-0.15, -0.1) is 0 Å². The van der Waals surface area contributed by atoms with E-state index in [1.165, 1.54) is 6.20 Å². The molecule has 0 bridgehead atoms. The minimum absolute atomic E-state index is 0.699. The van der Waals surface area contributed by atoms with Crippen LogP contribution in [0.4, 0.5) is 0 Å². The van der Waals surface area contributed by atoms with Crippen molar-refractivity contribution in [3.8, 4) is 0 Å². The Labute approximate surface area is 80.4 Å². The molecule has 0 aromatic rings. The number of nitro groups is 2. The highest BCUT2D eigenvalue weighted by molar-refractivity contribution is 5.66. The first-order chi connectivity index (χ1) is 6.63. The van der Waals surface area contributed by atoms with Crippen LogP contribution in [0.5, 0.6) is 0 Å². The van der Waals surface area contributed by atoms with E-state index in [4.69, 9.17) is 0 Å². The molecule has 7 heteroatoms. The first-order valence-corrected chi connectivity index (χ1v) is 4.10. The van der Waals surface area contributed by atoms with Gasteiger partial charge in [-0.1, -0.05) is 13.8 Å². The largest absolute Gasteiger partial charge is 0.317 e. The fourth-order valence-corrected chi connectivity index (χ4v) is 0.852. The van der Waals surface area contributed by atoms with E-state index >= 15 is 0 Å². The van der Waals surface area contributed by atoms with E-state index < -0.39 is 21.9 Å². The molecule has 2 unspecified atom stereocenters. The van der Waals surface area contributed by atoms with Crippen molar-refractivity contribution in [2.75, 3.05) is 0 Å². The summed E-state index contributed by atoms with van der Waals surface area (Å²) in [6.07, 6.45) is 3.26. The van der Waals surface area contributed by atoms with Gasteiger partial charge in [0.05, 0.1) is 6.21 Å². The molecule has 0 aromatic carbocycles. The third-order valence-corrected chi connectivity index (χ3v) is 1.44. The minimum atomic E-state index is -1.34. The van der Waals surface area contributed by atoms with Crippen molar-refractivity contribution >= 4 is 6.21 Å². The summed E-state index contributed by atoms with van der Waals surface area (Å²) in [5, 5.41) is 20.5. The van der Waals surface area contributed by atoms with Crippen LogP contribution in [0.25, 0.3) is 0 Å². The van der Waals surface area contributed by atoms with Crippen molar-refractivity contribution in [3.63, 3.8) is 0 Å². The van der Waals surface area contributed by atoms with Gasteiger partial charge in [-0.2, -0.15) is 0 Å². The van der Waals surface area contributed by atoms with Crippen LogP contribution in [0, 0.1) is 20.2 Å². The van der Waals surface area contributed by atoms with Gasteiger partial charge in [0, 0.05) is 22.1 Å². The maximum absolute atomic E-state index is 10.3. The Bertz CT molecular complexity index is 246. The van der Waals surface area contributed by atoms with Crippen LogP contribution in [-0.4, -0.2) is 28.1 Å². The van der Waals surface area contributed by atoms with E-state index in [0.29, 0.717) is 0 Å². The lowest BCUT2D eigenvalue weighted by Crippen LogP contribution is -2.40. The van der Waals surface area contributed by atoms with Crippen LogP contribution in [0.2, 0.25) is 0 Å². The lowest BCUT2D eigenvalue weighted by atomic mass is 10.1. The van der Waals surface area contributed by atoms with Gasteiger partial charge in [0.2, 0.25) is 0 Å². The highest BCUT2D eigenvalue weighted by atomic mass is 16.6. The molecule has 2 atom stereocenters. The Morgan fingerprint density at radius 1 is 1.14 bits per heavy atom. The van der Waals surface area contributed by atoms with Gasteiger partial charge >= 0.3 is 12.1 Å². The van der Waals surface area contributed by atoms with Gasteiger partial charge in [0.25, 0.3) is 0 Å². The third-order valence-electron chi connectivity index (χ3n) is 1.44. The van der Waals surface area contributed by atoms with Crippen LogP contribution in [0.3, 0.4) is 0 Å². The second-order valence-electron chi connectivity index (χ2n) is 2.19. The smallest absolute Gasteiger partial charge is 0.264 e. The number of hydrogen-bond acceptors (Lipinski definition) is 5. The molecule has 1 heterocycles. The Balaban J connectivity index is 0.000000791. The van der Waals surface area contributed by atoms with Crippen LogP contribution in [0.1, 0.15) is 13.8 Å². The highest BCUT2D eigenvalue weighted by Gasteiger charge is 2.38. The quantitative estimate of drug-likeness (QED) is 0.489. The van der Waals surface area contributed by atoms with Gasteiger partial charge in [0.15, 0.2) is 0 Å². The SMILES string of the molecule is CC.O=[N+]([O-])C1C=CN=CC1[N+](=O)[O-]. The fourth-order valence-electron chi connectivity index (χ4n) is 0.852. The van der Waals surface area contributed by atoms with Crippen molar-refractivity contribution in [3.05, 3.63) is 32.5 Å². The molecule has 0 fully saturated rings. The monoisotopic (exact) mass is 201 g/mol. The van der Waals surface area contributed by atoms with E-state index in [9.17, 15) is 20.2 Å². The summed E-state index contributed by atoms with van der Waals surface area (Å²) in [6.45, 7) is 4.00. The Kier molecular flexibility index (Phi) is 5.05. The van der Waals surface area contributed by atoms with Crippen molar-refractivity contribution in [2.45, 2.75) is 25.9 Å². The average molecular weight is 201 g/mol. The van der Waals surface area contributed by atoms with E-state index in [1.54, 1.807) is 0 Å². The van der Waals surface area contributed by atoms with Crippen molar-refractivity contribution in [2.24, 2.45) is 4.99 Å². The third kappa shape index (κ3) is 2.92. The second kappa shape index (κ2) is 5.79. The molecule has 78 valence electrons. The van der Waals surface area contributed by atoms with Gasteiger partial charge in [0.1, 0.15) is 0 Å². The zero-order valence-electron chi connectivity index (χ0n) is 7.86. The zero-order valence-corrected chi connectivity index (χ0v) is 7.86. The summed E-state index contributed by atoms with van der Waals surface area (Å²) >= 11 is 0. The summed E-state index contributed by atoms with van der Waals surface area (Å²) in [6, 6.07) is -2.64. The van der Waals surface area contributed by atoms with Gasteiger partial charge in [-0.3, -0.25) is 25.2 Å². The Morgan fingerprint density at radius 3 is 2.00 bits per heavy atom. The minimum Gasteiger partial charge on any atom is -0.264 e. The summed E-state index contributed by atoms with van der Waals surface area (Å²) < 4.78 is 0. The van der Waals surface area contributed by atoms with Crippen molar-refractivity contribution in [1.82, 2.24) is 0 Å². The molecule has 0 saturated carbocycles. The molecule has 0 aliphatic carbocycles. The van der Waals surface area contributed by atoms with Gasteiger partial charge in [-0.05, 0) is 0 Å². The first kappa shape index (κ1) is 12.2. The van der Waals surface area contributed by atoms with Crippen LogP contribution in [-0.2, 0) is 0 Å². The van der Waals surface area contributed by atoms with Crippen molar-refractivity contribution in [1.29, 1.82) is 0 Å². The van der Waals surface area contributed by atoms with E-state index in [2.05, 4.69) is 4.99 Å². The van der Waals surface area contributed by atoms with Crippen LogP contribution < -0.4 is 0 Å². The Morgan fingerprint density at radius 2 is 1.64 bits per heavy atom. The van der Waals surface area contributed by atoms with E-state index in [1.807, 2.05) is 13.8 Å².